The Bertz CT molecular complexity index is 1440. The van der Waals surface area contributed by atoms with E-state index in [1.54, 1.807) is 33.7 Å². The van der Waals surface area contributed by atoms with Gasteiger partial charge in [0.05, 0.1) is 22.2 Å². The Morgan fingerprint density at radius 2 is 1.69 bits per heavy atom. The lowest BCUT2D eigenvalue weighted by Crippen LogP contribution is -2.12. The minimum atomic E-state index is -3.76. The summed E-state index contributed by atoms with van der Waals surface area (Å²) in [6, 6.07) is 15.7. The van der Waals surface area contributed by atoms with E-state index in [1.807, 2.05) is 30.3 Å². The SMILES string of the molecule is NS(=O)(=O)c1ccc(-n2ncc3c2ncn2c(Nc4ccccc4)nnc32)cc1. The lowest BCUT2D eigenvalue weighted by atomic mass is 10.3. The van der Waals surface area contributed by atoms with Gasteiger partial charge in [0.15, 0.2) is 11.3 Å². The number of nitrogens with one attached hydrogen (secondary N) is 1. The molecule has 29 heavy (non-hydrogen) atoms. The van der Waals surface area contributed by atoms with Crippen LogP contribution in [0.25, 0.3) is 22.4 Å². The second kappa shape index (κ2) is 6.36. The molecule has 3 aromatic heterocycles. The lowest BCUT2D eigenvalue weighted by molar-refractivity contribution is 0.598. The van der Waals surface area contributed by atoms with Gasteiger partial charge in [-0.05, 0) is 36.4 Å². The first kappa shape index (κ1) is 17.3. The normalized spacial score (nSPS) is 11.9. The molecule has 0 amide bonds. The molecule has 5 aromatic rings. The average molecular weight is 406 g/mol. The van der Waals surface area contributed by atoms with E-state index in [-0.39, 0.29) is 4.90 Å². The highest BCUT2D eigenvalue weighted by atomic mass is 32.2. The molecule has 0 spiro atoms. The monoisotopic (exact) mass is 406 g/mol. The molecule has 0 fully saturated rings. The third-order valence-corrected chi connectivity index (χ3v) is 5.35. The zero-order valence-electron chi connectivity index (χ0n) is 14.8. The second-order valence-electron chi connectivity index (χ2n) is 6.29. The minimum Gasteiger partial charge on any atom is -0.324 e. The van der Waals surface area contributed by atoms with Crippen molar-refractivity contribution in [3.8, 4) is 5.69 Å². The van der Waals surface area contributed by atoms with Crippen LogP contribution in [0.15, 0.2) is 72.0 Å². The average Bonchev–Trinajstić information content (AvgIpc) is 3.32. The fraction of sp³-hybridized carbons (Fsp3) is 0. The number of fused-ring (bicyclic) bond motifs is 3. The predicted octanol–water partition coefficient (Wildman–Crippen LogP) is 1.85. The van der Waals surface area contributed by atoms with Crippen molar-refractivity contribution >= 4 is 38.3 Å². The van der Waals surface area contributed by atoms with Crippen molar-refractivity contribution < 1.29 is 8.42 Å². The molecule has 0 aliphatic rings. The largest absolute Gasteiger partial charge is 0.324 e. The van der Waals surface area contributed by atoms with Gasteiger partial charge in [-0.1, -0.05) is 18.2 Å². The van der Waals surface area contributed by atoms with Crippen LogP contribution in [0.3, 0.4) is 0 Å². The molecule has 0 radical (unpaired) electrons. The number of hydrogen-bond acceptors (Lipinski definition) is 7. The van der Waals surface area contributed by atoms with Crippen LogP contribution in [-0.4, -0.2) is 37.8 Å². The van der Waals surface area contributed by atoms with E-state index in [4.69, 9.17) is 5.14 Å². The lowest BCUT2D eigenvalue weighted by Gasteiger charge is -2.05. The quantitative estimate of drug-likeness (QED) is 0.465. The first-order valence-corrected chi connectivity index (χ1v) is 10.1. The van der Waals surface area contributed by atoms with Gasteiger partial charge in [-0.25, -0.2) is 23.2 Å². The Kier molecular flexibility index (Phi) is 3.79. The third kappa shape index (κ3) is 2.98. The van der Waals surface area contributed by atoms with E-state index >= 15 is 0 Å². The fourth-order valence-corrected chi connectivity index (χ4v) is 3.54. The molecule has 144 valence electrons. The molecule has 0 saturated carbocycles. The molecule has 0 atom stereocenters. The molecule has 0 aliphatic carbocycles. The smallest absolute Gasteiger partial charge is 0.238 e. The zero-order valence-corrected chi connectivity index (χ0v) is 15.7. The standard InChI is InChI=1S/C18H14N8O2S/c19-29(27,28)14-8-6-13(7-9-14)26-16-15(10-21-26)17-23-24-18(25(17)11-20-16)22-12-4-2-1-3-5-12/h1-11H,(H,22,24)(H2,19,27,28). The molecule has 0 aliphatic heterocycles. The Balaban J connectivity index is 1.57. The maximum absolute atomic E-state index is 11.4. The van der Waals surface area contributed by atoms with Crippen molar-refractivity contribution in [2.45, 2.75) is 4.90 Å². The number of sulfonamides is 1. The molecule has 0 bridgehead atoms. The molecule has 2 aromatic carbocycles. The van der Waals surface area contributed by atoms with Gasteiger partial charge in [-0.3, -0.25) is 4.40 Å². The van der Waals surface area contributed by atoms with Crippen LogP contribution >= 0.6 is 0 Å². The minimum absolute atomic E-state index is 0.0298. The molecular weight excluding hydrogens is 392 g/mol. The van der Waals surface area contributed by atoms with E-state index in [0.29, 0.717) is 28.3 Å². The summed E-state index contributed by atoms with van der Waals surface area (Å²) in [5.74, 6) is 0.533. The van der Waals surface area contributed by atoms with Gasteiger partial charge in [0.25, 0.3) is 0 Å². The van der Waals surface area contributed by atoms with Crippen LogP contribution in [0.1, 0.15) is 0 Å². The second-order valence-corrected chi connectivity index (χ2v) is 7.85. The summed E-state index contributed by atoms with van der Waals surface area (Å²) in [7, 11) is -3.76. The summed E-state index contributed by atoms with van der Waals surface area (Å²) >= 11 is 0. The molecule has 5 rings (SSSR count). The van der Waals surface area contributed by atoms with Crippen molar-refractivity contribution in [3.63, 3.8) is 0 Å². The van der Waals surface area contributed by atoms with E-state index in [0.717, 1.165) is 5.69 Å². The Morgan fingerprint density at radius 1 is 0.931 bits per heavy atom. The number of anilines is 2. The number of primary sulfonamides is 1. The van der Waals surface area contributed by atoms with Crippen molar-refractivity contribution in [3.05, 3.63) is 67.1 Å². The Morgan fingerprint density at radius 3 is 2.41 bits per heavy atom. The van der Waals surface area contributed by atoms with Crippen molar-refractivity contribution in [1.29, 1.82) is 0 Å². The summed E-state index contributed by atoms with van der Waals surface area (Å²) in [5, 5.41) is 21.9. The first-order valence-electron chi connectivity index (χ1n) is 8.53. The number of nitrogens with two attached hydrogens (primary N) is 1. The number of rotatable bonds is 4. The number of benzene rings is 2. The van der Waals surface area contributed by atoms with E-state index < -0.39 is 10.0 Å². The van der Waals surface area contributed by atoms with Crippen molar-refractivity contribution in [1.82, 2.24) is 29.4 Å². The molecule has 10 nitrogen and oxygen atoms in total. The number of hydrogen-bond donors (Lipinski definition) is 2. The zero-order chi connectivity index (χ0) is 20.0. The van der Waals surface area contributed by atoms with Crippen LogP contribution in [0.5, 0.6) is 0 Å². The van der Waals surface area contributed by atoms with E-state index in [1.165, 1.54) is 12.1 Å². The van der Waals surface area contributed by atoms with Crippen molar-refractivity contribution in [2.75, 3.05) is 5.32 Å². The molecule has 11 heteroatoms. The number of nitrogens with zero attached hydrogens (tertiary/aromatic N) is 6. The molecule has 3 heterocycles. The maximum Gasteiger partial charge on any atom is 0.238 e. The molecular formula is C18H14N8O2S. The topological polar surface area (TPSA) is 133 Å². The summed E-state index contributed by atoms with van der Waals surface area (Å²) in [4.78, 5) is 4.52. The summed E-state index contributed by atoms with van der Waals surface area (Å²) < 4.78 is 26.2. The van der Waals surface area contributed by atoms with Crippen LogP contribution in [-0.2, 0) is 10.0 Å². The summed E-state index contributed by atoms with van der Waals surface area (Å²) in [6.45, 7) is 0. The maximum atomic E-state index is 11.4. The highest BCUT2D eigenvalue weighted by Crippen LogP contribution is 2.23. The van der Waals surface area contributed by atoms with E-state index in [9.17, 15) is 8.42 Å². The van der Waals surface area contributed by atoms with Gasteiger partial charge >= 0.3 is 0 Å². The van der Waals surface area contributed by atoms with Crippen LogP contribution in [0.2, 0.25) is 0 Å². The van der Waals surface area contributed by atoms with Crippen LogP contribution < -0.4 is 10.5 Å². The number of aromatic nitrogens is 6. The van der Waals surface area contributed by atoms with E-state index in [2.05, 4.69) is 25.6 Å². The fourth-order valence-electron chi connectivity index (χ4n) is 3.02. The summed E-state index contributed by atoms with van der Waals surface area (Å²) in [6.07, 6.45) is 3.26. The highest BCUT2D eigenvalue weighted by molar-refractivity contribution is 7.89. The Hall–Kier alpha value is -3.83. The predicted molar refractivity (Wildman–Crippen MR) is 107 cm³/mol. The summed E-state index contributed by atoms with van der Waals surface area (Å²) in [5.41, 5.74) is 2.69. The highest BCUT2D eigenvalue weighted by Gasteiger charge is 2.15. The van der Waals surface area contributed by atoms with Gasteiger partial charge < -0.3 is 5.32 Å². The molecule has 0 unspecified atom stereocenters. The molecule has 0 saturated heterocycles. The molecule has 3 N–H and O–H groups in total. The van der Waals surface area contributed by atoms with Crippen LogP contribution in [0.4, 0.5) is 11.6 Å². The Labute approximate surface area is 164 Å². The van der Waals surface area contributed by atoms with Crippen molar-refractivity contribution in [2.24, 2.45) is 5.14 Å². The van der Waals surface area contributed by atoms with Gasteiger partial charge in [0.2, 0.25) is 16.0 Å². The van der Waals surface area contributed by atoms with Gasteiger partial charge in [-0.2, -0.15) is 5.10 Å². The van der Waals surface area contributed by atoms with Gasteiger partial charge in [0, 0.05) is 5.69 Å². The van der Waals surface area contributed by atoms with Crippen LogP contribution in [0, 0.1) is 0 Å². The van der Waals surface area contributed by atoms with Gasteiger partial charge in [-0.15, -0.1) is 10.2 Å². The third-order valence-electron chi connectivity index (χ3n) is 4.42. The first-order chi connectivity index (χ1) is 14.0. The number of para-hydroxylation sites is 1. The van der Waals surface area contributed by atoms with Gasteiger partial charge in [0.1, 0.15) is 6.33 Å².